The van der Waals surface area contributed by atoms with Crippen LogP contribution < -0.4 is 10.1 Å². The Labute approximate surface area is 202 Å². The van der Waals surface area contributed by atoms with E-state index in [1.54, 1.807) is 4.90 Å². The van der Waals surface area contributed by atoms with E-state index >= 15 is 0 Å². The zero-order valence-corrected chi connectivity index (χ0v) is 20.5. The number of hydrogen-bond acceptors (Lipinski definition) is 3. The quantitative estimate of drug-likeness (QED) is 0.476. The van der Waals surface area contributed by atoms with Crippen LogP contribution in [-0.2, 0) is 22.6 Å². The van der Waals surface area contributed by atoms with Gasteiger partial charge in [0, 0.05) is 19.5 Å². The fourth-order valence-electron chi connectivity index (χ4n) is 4.06. The Bertz CT molecular complexity index is 1090. The van der Waals surface area contributed by atoms with Crippen molar-refractivity contribution in [3.05, 3.63) is 101 Å². The molecule has 178 valence electrons. The highest BCUT2D eigenvalue weighted by molar-refractivity contribution is 5.88. The summed E-state index contributed by atoms with van der Waals surface area (Å²) in [7, 11) is 0. The Morgan fingerprint density at radius 3 is 2.21 bits per heavy atom. The van der Waals surface area contributed by atoms with Gasteiger partial charge in [-0.15, -0.1) is 0 Å². The summed E-state index contributed by atoms with van der Waals surface area (Å²) < 4.78 is 5.90. The number of carbonyl (C=O) groups is 2. The minimum absolute atomic E-state index is 0.139. The second kappa shape index (κ2) is 12.0. The molecular formula is C29H34N2O3. The van der Waals surface area contributed by atoms with Gasteiger partial charge in [0.2, 0.25) is 5.91 Å². The van der Waals surface area contributed by atoms with Crippen molar-refractivity contribution in [3.63, 3.8) is 0 Å². The number of amides is 2. The molecule has 0 spiro atoms. The maximum atomic E-state index is 13.6. The molecule has 0 saturated heterocycles. The maximum absolute atomic E-state index is 13.6. The van der Waals surface area contributed by atoms with Crippen molar-refractivity contribution in [2.75, 3.05) is 13.2 Å². The zero-order chi connectivity index (χ0) is 24.5. The van der Waals surface area contributed by atoms with Crippen LogP contribution in [0.25, 0.3) is 0 Å². The predicted molar refractivity (Wildman–Crippen MR) is 136 cm³/mol. The third-order valence-corrected chi connectivity index (χ3v) is 5.78. The van der Waals surface area contributed by atoms with E-state index in [0.717, 1.165) is 27.8 Å². The van der Waals surface area contributed by atoms with Gasteiger partial charge in [0.15, 0.2) is 6.61 Å². The lowest BCUT2D eigenvalue weighted by Gasteiger charge is -2.32. The first-order valence-corrected chi connectivity index (χ1v) is 11.7. The highest BCUT2D eigenvalue weighted by Gasteiger charge is 2.30. The molecule has 0 fully saturated rings. The SMILES string of the molecule is CCNC(=O)[C@H](Cc1ccccc1)N(Cc1ccccc1C)C(=O)COc1cc(C)cc(C)c1. The first kappa shape index (κ1) is 25.0. The first-order valence-electron chi connectivity index (χ1n) is 11.7. The Morgan fingerprint density at radius 2 is 1.56 bits per heavy atom. The van der Waals surface area contributed by atoms with Crippen LogP contribution in [0.15, 0.2) is 72.8 Å². The van der Waals surface area contributed by atoms with E-state index in [0.29, 0.717) is 25.3 Å². The molecule has 34 heavy (non-hydrogen) atoms. The molecule has 0 bridgehead atoms. The molecule has 0 unspecified atom stereocenters. The molecule has 0 aliphatic rings. The lowest BCUT2D eigenvalue weighted by molar-refractivity contribution is -0.142. The highest BCUT2D eigenvalue weighted by Crippen LogP contribution is 2.19. The summed E-state index contributed by atoms with van der Waals surface area (Å²) in [6.07, 6.45) is 0.424. The second-order valence-corrected chi connectivity index (χ2v) is 8.66. The van der Waals surface area contributed by atoms with Gasteiger partial charge in [0.1, 0.15) is 11.8 Å². The minimum Gasteiger partial charge on any atom is -0.484 e. The van der Waals surface area contributed by atoms with Crippen LogP contribution in [-0.4, -0.2) is 35.9 Å². The number of ether oxygens (including phenoxy) is 1. The number of nitrogens with one attached hydrogen (secondary N) is 1. The molecule has 2 amide bonds. The van der Waals surface area contributed by atoms with Crippen LogP contribution in [0, 0.1) is 20.8 Å². The van der Waals surface area contributed by atoms with Crippen molar-refractivity contribution in [2.24, 2.45) is 0 Å². The molecule has 1 N–H and O–H groups in total. The van der Waals surface area contributed by atoms with Crippen LogP contribution in [0.1, 0.15) is 34.7 Å². The molecule has 1 atom stereocenters. The van der Waals surface area contributed by atoms with Gasteiger partial charge >= 0.3 is 0 Å². The molecule has 3 aromatic rings. The first-order chi connectivity index (χ1) is 16.4. The van der Waals surface area contributed by atoms with Crippen molar-refractivity contribution in [2.45, 2.75) is 46.7 Å². The molecule has 0 radical (unpaired) electrons. The minimum atomic E-state index is -0.655. The number of hydrogen-bond donors (Lipinski definition) is 1. The van der Waals surface area contributed by atoms with E-state index in [-0.39, 0.29) is 18.4 Å². The molecule has 0 aromatic heterocycles. The zero-order valence-electron chi connectivity index (χ0n) is 20.5. The van der Waals surface area contributed by atoms with Crippen molar-refractivity contribution >= 4 is 11.8 Å². The fraction of sp³-hybridized carbons (Fsp3) is 0.310. The van der Waals surface area contributed by atoms with E-state index in [2.05, 4.69) is 11.4 Å². The van der Waals surface area contributed by atoms with Crippen LogP contribution in [0.2, 0.25) is 0 Å². The van der Waals surface area contributed by atoms with Crippen LogP contribution in [0.5, 0.6) is 5.75 Å². The summed E-state index contributed by atoms with van der Waals surface area (Å²) in [5.74, 6) is 0.258. The third-order valence-electron chi connectivity index (χ3n) is 5.78. The van der Waals surface area contributed by atoms with Crippen molar-refractivity contribution < 1.29 is 14.3 Å². The number of benzene rings is 3. The van der Waals surface area contributed by atoms with Gasteiger partial charge in [0.05, 0.1) is 0 Å². The third kappa shape index (κ3) is 6.95. The van der Waals surface area contributed by atoms with Gasteiger partial charge in [-0.1, -0.05) is 60.7 Å². The maximum Gasteiger partial charge on any atom is 0.261 e. The molecule has 5 nitrogen and oxygen atoms in total. The van der Waals surface area contributed by atoms with E-state index in [4.69, 9.17) is 4.74 Å². The molecule has 0 saturated carbocycles. The summed E-state index contributed by atoms with van der Waals surface area (Å²) in [6, 6.07) is 23.0. The number of nitrogens with zero attached hydrogens (tertiary/aromatic N) is 1. The largest absolute Gasteiger partial charge is 0.484 e. The van der Waals surface area contributed by atoms with Gasteiger partial charge in [-0.2, -0.15) is 0 Å². The lowest BCUT2D eigenvalue weighted by Crippen LogP contribution is -2.51. The molecule has 3 aromatic carbocycles. The van der Waals surface area contributed by atoms with Gasteiger partial charge in [-0.3, -0.25) is 9.59 Å². The van der Waals surface area contributed by atoms with Crippen LogP contribution in [0.3, 0.4) is 0 Å². The summed E-state index contributed by atoms with van der Waals surface area (Å²) in [5.41, 5.74) is 5.22. The predicted octanol–water partition coefficient (Wildman–Crippen LogP) is 4.77. The Kier molecular flexibility index (Phi) is 8.86. The number of rotatable bonds is 10. The lowest BCUT2D eigenvalue weighted by atomic mass is 10.0. The van der Waals surface area contributed by atoms with E-state index in [1.165, 1.54) is 0 Å². The molecule has 5 heteroatoms. The molecule has 3 rings (SSSR count). The normalized spacial score (nSPS) is 11.5. The summed E-state index contributed by atoms with van der Waals surface area (Å²) in [4.78, 5) is 28.4. The molecule has 0 aliphatic carbocycles. The molecular weight excluding hydrogens is 424 g/mol. The van der Waals surface area contributed by atoms with Crippen molar-refractivity contribution in [1.29, 1.82) is 0 Å². The number of likely N-dealkylation sites (N-methyl/N-ethyl adjacent to an activating group) is 1. The van der Waals surface area contributed by atoms with Gasteiger partial charge < -0.3 is 15.0 Å². The van der Waals surface area contributed by atoms with E-state index in [1.807, 2.05) is 94.4 Å². The van der Waals surface area contributed by atoms with Crippen LogP contribution in [0.4, 0.5) is 0 Å². The number of aryl methyl sites for hydroxylation is 3. The topological polar surface area (TPSA) is 58.6 Å². The number of carbonyl (C=O) groups excluding carboxylic acids is 2. The highest BCUT2D eigenvalue weighted by atomic mass is 16.5. The summed E-state index contributed by atoms with van der Waals surface area (Å²) in [5, 5.41) is 2.92. The Morgan fingerprint density at radius 1 is 0.912 bits per heavy atom. The van der Waals surface area contributed by atoms with Crippen molar-refractivity contribution in [3.8, 4) is 5.75 Å². The van der Waals surface area contributed by atoms with E-state index < -0.39 is 6.04 Å². The Balaban J connectivity index is 1.91. The molecule has 0 heterocycles. The second-order valence-electron chi connectivity index (χ2n) is 8.66. The monoisotopic (exact) mass is 458 g/mol. The van der Waals surface area contributed by atoms with Crippen LogP contribution >= 0.6 is 0 Å². The standard InChI is InChI=1S/C29H34N2O3/c1-5-30-29(33)27(18-24-12-7-6-8-13-24)31(19-25-14-10-9-11-23(25)4)28(32)20-34-26-16-21(2)15-22(3)17-26/h6-17,27H,5,18-20H2,1-4H3,(H,30,33)/t27-/m0/s1. The average molecular weight is 459 g/mol. The van der Waals surface area contributed by atoms with E-state index in [9.17, 15) is 9.59 Å². The Hall–Kier alpha value is -3.60. The van der Waals surface area contributed by atoms with Gasteiger partial charge in [-0.05, 0) is 67.6 Å². The van der Waals surface area contributed by atoms with Gasteiger partial charge in [0.25, 0.3) is 5.91 Å². The average Bonchev–Trinajstić information content (AvgIpc) is 2.81. The summed E-state index contributed by atoms with van der Waals surface area (Å²) >= 11 is 0. The summed E-state index contributed by atoms with van der Waals surface area (Å²) in [6.45, 7) is 8.58. The van der Waals surface area contributed by atoms with Crippen molar-refractivity contribution in [1.82, 2.24) is 10.2 Å². The van der Waals surface area contributed by atoms with Gasteiger partial charge in [-0.25, -0.2) is 0 Å². The molecule has 0 aliphatic heterocycles. The smallest absolute Gasteiger partial charge is 0.261 e. The fourth-order valence-corrected chi connectivity index (χ4v) is 4.06.